The summed E-state index contributed by atoms with van der Waals surface area (Å²) >= 11 is 1.21. The number of thiazole rings is 1. The average Bonchev–Trinajstić information content (AvgIpc) is 3.18. The van der Waals surface area contributed by atoms with Gasteiger partial charge < -0.3 is 4.74 Å². The number of carbonyl (C=O) groups is 1. The minimum absolute atomic E-state index is 0.0373. The Labute approximate surface area is 189 Å². The van der Waals surface area contributed by atoms with Gasteiger partial charge in [-0.1, -0.05) is 41.2 Å². The number of rotatable bonds is 6. The normalized spacial score (nSPS) is 11.4. The molecule has 4 rings (SSSR count). The van der Waals surface area contributed by atoms with Crippen LogP contribution in [0.3, 0.4) is 0 Å². The van der Waals surface area contributed by atoms with Crippen LogP contribution in [-0.4, -0.2) is 23.2 Å². The van der Waals surface area contributed by atoms with Crippen LogP contribution in [0, 0.1) is 12.7 Å². The van der Waals surface area contributed by atoms with Crippen molar-refractivity contribution >= 4 is 38.8 Å². The van der Waals surface area contributed by atoms with Crippen LogP contribution in [0.5, 0.6) is 5.75 Å². The molecule has 0 N–H and O–H groups in total. The number of halogens is 1. The number of ether oxygens (including phenoxy) is 1. The minimum Gasteiger partial charge on any atom is -0.491 e. The zero-order valence-corrected chi connectivity index (χ0v) is 18.8. The Hall–Kier alpha value is -3.58. The molecular formula is C25H22FN3O2S. The van der Waals surface area contributed by atoms with Crippen LogP contribution in [0.1, 0.15) is 35.3 Å². The van der Waals surface area contributed by atoms with E-state index in [1.165, 1.54) is 28.5 Å². The maximum absolute atomic E-state index is 13.7. The highest BCUT2D eigenvalue weighted by atomic mass is 32.1. The lowest BCUT2D eigenvalue weighted by Gasteiger charge is -2.15. The number of aromatic nitrogens is 1. The summed E-state index contributed by atoms with van der Waals surface area (Å²) in [6.45, 7) is 5.89. The summed E-state index contributed by atoms with van der Waals surface area (Å²) in [5.74, 6) is -0.0137. The second-order valence-electron chi connectivity index (χ2n) is 7.57. The molecule has 1 amide bonds. The second-order valence-corrected chi connectivity index (χ2v) is 8.58. The van der Waals surface area contributed by atoms with Gasteiger partial charge in [0.25, 0.3) is 5.91 Å². The highest BCUT2D eigenvalue weighted by Crippen LogP contribution is 2.31. The van der Waals surface area contributed by atoms with Crippen LogP contribution in [0.25, 0.3) is 10.2 Å². The summed E-state index contributed by atoms with van der Waals surface area (Å²) in [5, 5.41) is 6.05. The Balaban J connectivity index is 1.70. The zero-order chi connectivity index (χ0) is 22.7. The third-order valence-electron chi connectivity index (χ3n) is 4.59. The van der Waals surface area contributed by atoms with E-state index in [4.69, 9.17) is 4.74 Å². The molecule has 0 radical (unpaired) electrons. The first-order valence-electron chi connectivity index (χ1n) is 10.2. The largest absolute Gasteiger partial charge is 0.491 e. The monoisotopic (exact) mass is 447 g/mol. The van der Waals surface area contributed by atoms with Gasteiger partial charge in [0.15, 0.2) is 0 Å². The SMILES string of the molecule is Cc1ccc(/C=N/N(C(=O)c2ccc(OC(C)C)cc2)c2nc3ccc(F)cc3s2)cc1. The fraction of sp³-hybridized carbons (Fsp3) is 0.160. The predicted octanol–water partition coefficient (Wildman–Crippen LogP) is 6.21. The number of hydrazone groups is 1. The lowest BCUT2D eigenvalue weighted by molar-refractivity contribution is 0.0988. The van der Waals surface area contributed by atoms with E-state index in [1.807, 2.05) is 45.0 Å². The van der Waals surface area contributed by atoms with Crippen LogP contribution >= 0.6 is 11.3 Å². The highest BCUT2D eigenvalue weighted by molar-refractivity contribution is 7.22. The summed E-state index contributed by atoms with van der Waals surface area (Å²) in [6, 6.07) is 19.0. The molecule has 5 nitrogen and oxygen atoms in total. The lowest BCUT2D eigenvalue weighted by atomic mass is 10.2. The molecule has 0 saturated carbocycles. The molecule has 0 atom stereocenters. The quantitative estimate of drug-likeness (QED) is 0.261. The van der Waals surface area contributed by atoms with E-state index in [-0.39, 0.29) is 17.8 Å². The molecule has 3 aromatic carbocycles. The van der Waals surface area contributed by atoms with Crippen molar-refractivity contribution in [1.82, 2.24) is 4.98 Å². The third-order valence-corrected chi connectivity index (χ3v) is 5.58. The zero-order valence-electron chi connectivity index (χ0n) is 17.9. The Morgan fingerprint density at radius 2 is 1.81 bits per heavy atom. The van der Waals surface area contributed by atoms with Gasteiger partial charge in [0, 0.05) is 5.56 Å². The number of amides is 1. The average molecular weight is 448 g/mol. The Bertz CT molecular complexity index is 1260. The van der Waals surface area contributed by atoms with Crippen molar-refractivity contribution in [2.75, 3.05) is 5.01 Å². The number of fused-ring (bicyclic) bond motifs is 1. The lowest BCUT2D eigenvalue weighted by Crippen LogP contribution is -2.25. The van der Waals surface area contributed by atoms with E-state index in [9.17, 15) is 9.18 Å². The topological polar surface area (TPSA) is 54.8 Å². The number of anilines is 1. The number of carbonyl (C=O) groups excluding carboxylic acids is 1. The molecule has 0 aliphatic carbocycles. The molecular weight excluding hydrogens is 425 g/mol. The number of aryl methyl sites for hydroxylation is 1. The standard InChI is InChI=1S/C25H22FN3O2S/c1-16(2)31-21-11-8-19(9-12-21)24(30)29(27-15-18-6-4-17(3)5-7-18)25-28-22-13-10-20(26)14-23(22)32-25/h4-16H,1-3H3/b27-15+. The summed E-state index contributed by atoms with van der Waals surface area (Å²) in [6.07, 6.45) is 1.65. The fourth-order valence-electron chi connectivity index (χ4n) is 3.01. The van der Waals surface area contributed by atoms with E-state index in [2.05, 4.69) is 10.1 Å². The van der Waals surface area contributed by atoms with Crippen molar-refractivity contribution in [2.24, 2.45) is 5.10 Å². The molecule has 1 heterocycles. The summed E-state index contributed by atoms with van der Waals surface area (Å²) in [4.78, 5) is 17.9. The molecule has 32 heavy (non-hydrogen) atoms. The molecule has 4 aromatic rings. The van der Waals surface area contributed by atoms with Crippen LogP contribution in [0.2, 0.25) is 0 Å². The maximum atomic E-state index is 13.7. The first kappa shape index (κ1) is 21.6. The first-order chi connectivity index (χ1) is 15.4. The minimum atomic E-state index is -0.352. The number of hydrogen-bond donors (Lipinski definition) is 0. The molecule has 162 valence electrons. The number of benzene rings is 3. The Morgan fingerprint density at radius 1 is 1.09 bits per heavy atom. The van der Waals surface area contributed by atoms with Gasteiger partial charge in [0.05, 0.1) is 22.5 Å². The van der Waals surface area contributed by atoms with Gasteiger partial charge in [-0.15, -0.1) is 0 Å². The molecule has 1 aromatic heterocycles. The van der Waals surface area contributed by atoms with Crippen molar-refractivity contribution in [3.8, 4) is 5.75 Å². The second kappa shape index (κ2) is 9.28. The smallest absolute Gasteiger partial charge is 0.280 e. The van der Waals surface area contributed by atoms with Crippen LogP contribution in [0.15, 0.2) is 71.8 Å². The number of nitrogens with zero attached hydrogens (tertiary/aromatic N) is 3. The Kier molecular flexibility index (Phi) is 6.28. The van der Waals surface area contributed by atoms with Gasteiger partial charge in [0.2, 0.25) is 5.13 Å². The van der Waals surface area contributed by atoms with E-state index >= 15 is 0 Å². The third kappa shape index (κ3) is 5.00. The van der Waals surface area contributed by atoms with Gasteiger partial charge in [-0.2, -0.15) is 10.1 Å². The van der Waals surface area contributed by atoms with Gasteiger partial charge >= 0.3 is 0 Å². The summed E-state index contributed by atoms with van der Waals surface area (Å²) < 4.78 is 20.0. The molecule has 0 aliphatic rings. The predicted molar refractivity (Wildman–Crippen MR) is 127 cm³/mol. The first-order valence-corrected chi connectivity index (χ1v) is 11.0. The molecule has 0 spiro atoms. The summed E-state index contributed by atoms with van der Waals surface area (Å²) in [7, 11) is 0. The molecule has 7 heteroatoms. The van der Waals surface area contributed by atoms with Crippen molar-refractivity contribution in [2.45, 2.75) is 26.9 Å². The maximum Gasteiger partial charge on any atom is 0.280 e. The van der Waals surface area contributed by atoms with Crippen molar-refractivity contribution in [1.29, 1.82) is 0 Å². The van der Waals surface area contributed by atoms with E-state index in [1.54, 1.807) is 36.5 Å². The molecule has 0 bridgehead atoms. The van der Waals surface area contributed by atoms with Gasteiger partial charge in [0.1, 0.15) is 11.6 Å². The van der Waals surface area contributed by atoms with E-state index in [0.717, 1.165) is 11.1 Å². The summed E-state index contributed by atoms with van der Waals surface area (Å²) in [5.41, 5.74) is 3.02. The van der Waals surface area contributed by atoms with Crippen molar-refractivity contribution in [3.05, 3.63) is 89.2 Å². The molecule has 0 unspecified atom stereocenters. The van der Waals surface area contributed by atoms with Gasteiger partial charge in [-0.3, -0.25) is 4.79 Å². The highest BCUT2D eigenvalue weighted by Gasteiger charge is 2.21. The van der Waals surface area contributed by atoms with Crippen molar-refractivity contribution < 1.29 is 13.9 Å². The number of hydrogen-bond acceptors (Lipinski definition) is 5. The van der Waals surface area contributed by atoms with E-state index in [0.29, 0.717) is 26.7 Å². The van der Waals surface area contributed by atoms with Crippen molar-refractivity contribution in [3.63, 3.8) is 0 Å². The van der Waals surface area contributed by atoms with Gasteiger partial charge in [-0.25, -0.2) is 9.37 Å². The molecule has 0 aliphatic heterocycles. The molecule has 0 saturated heterocycles. The van der Waals surface area contributed by atoms with E-state index < -0.39 is 0 Å². The fourth-order valence-corrected chi connectivity index (χ4v) is 3.96. The van der Waals surface area contributed by atoms with Crippen LogP contribution in [-0.2, 0) is 0 Å². The van der Waals surface area contributed by atoms with Crippen LogP contribution in [0.4, 0.5) is 9.52 Å². The Morgan fingerprint density at radius 3 is 2.50 bits per heavy atom. The van der Waals surface area contributed by atoms with Crippen LogP contribution < -0.4 is 9.75 Å². The molecule has 0 fully saturated rings. The van der Waals surface area contributed by atoms with Gasteiger partial charge in [-0.05, 0) is 68.8 Å².